The molecule has 29 heavy (non-hydrogen) atoms. The summed E-state index contributed by atoms with van der Waals surface area (Å²) < 4.78 is 60.2. The van der Waals surface area contributed by atoms with Crippen LogP contribution in [0.1, 0.15) is 29.8 Å². The van der Waals surface area contributed by atoms with E-state index in [2.05, 4.69) is 17.2 Å². The Bertz CT molecular complexity index is 955. The van der Waals surface area contributed by atoms with Crippen molar-refractivity contribution in [3.8, 4) is 11.8 Å². The van der Waals surface area contributed by atoms with Crippen molar-refractivity contribution in [2.24, 2.45) is 5.92 Å². The number of rotatable bonds is 8. The second kappa shape index (κ2) is 9.69. The van der Waals surface area contributed by atoms with Crippen molar-refractivity contribution in [3.63, 3.8) is 0 Å². The fourth-order valence-electron chi connectivity index (χ4n) is 2.42. The lowest BCUT2D eigenvalue weighted by molar-refractivity contribution is -0.896. The van der Waals surface area contributed by atoms with Crippen LogP contribution in [0, 0.1) is 17.8 Å². The second-order valence-corrected chi connectivity index (χ2v) is 11.1. The Labute approximate surface area is 172 Å². The first kappa shape index (κ1) is 25.1. The van der Waals surface area contributed by atoms with Crippen molar-refractivity contribution < 1.29 is 35.2 Å². The van der Waals surface area contributed by atoms with E-state index in [0.29, 0.717) is 23.5 Å². The maximum absolute atomic E-state index is 12.1. The molecule has 1 amide bonds. The number of benzene rings is 1. The van der Waals surface area contributed by atoms with Crippen LogP contribution in [0.2, 0.25) is 0 Å². The van der Waals surface area contributed by atoms with Gasteiger partial charge >= 0.3 is 0 Å². The van der Waals surface area contributed by atoms with Crippen LogP contribution < -0.4 is 5.32 Å². The van der Waals surface area contributed by atoms with Gasteiger partial charge in [-0.15, -0.1) is 0 Å². The minimum atomic E-state index is -5.11. The maximum atomic E-state index is 12.1. The van der Waals surface area contributed by atoms with Gasteiger partial charge in [0.2, 0.25) is 4.58 Å². The molecule has 1 rings (SSSR count). The lowest BCUT2D eigenvalue weighted by Gasteiger charge is -2.27. The average Bonchev–Trinajstić information content (AvgIpc) is 2.51. The molecule has 3 N–H and O–H groups in total. The molecule has 0 aliphatic heterocycles. The quantitative estimate of drug-likeness (QED) is 0.304. The minimum Gasteiger partial charge on any atom is -0.349 e. The molecule has 0 fully saturated rings. The van der Waals surface area contributed by atoms with E-state index in [9.17, 15) is 21.6 Å². The number of nitrogens with one attached hydrogen (secondary N) is 1. The summed E-state index contributed by atoms with van der Waals surface area (Å²) in [5, 5.41) is 2.08. The predicted octanol–water partition coefficient (Wildman–Crippen LogP) is 0.754. The van der Waals surface area contributed by atoms with E-state index in [1.54, 1.807) is 12.1 Å². The van der Waals surface area contributed by atoms with Crippen molar-refractivity contribution in [1.29, 1.82) is 0 Å². The Hall–Kier alpha value is -1.97. The number of hydrogen-bond acceptors (Lipinski definition) is 5. The van der Waals surface area contributed by atoms with Crippen LogP contribution in [0.4, 0.5) is 0 Å². The van der Waals surface area contributed by atoms with Gasteiger partial charge in [-0.1, -0.05) is 31.9 Å². The normalized spacial score (nSPS) is 12.6. The summed E-state index contributed by atoms with van der Waals surface area (Å²) in [6.07, 6.45) is 0. The van der Waals surface area contributed by atoms with E-state index >= 15 is 0 Å². The van der Waals surface area contributed by atoms with Crippen LogP contribution in [0.25, 0.3) is 0 Å². The zero-order valence-corrected chi connectivity index (χ0v) is 18.4. The number of nitrogens with zero attached hydrogens (tertiary/aromatic N) is 1. The molecule has 0 spiro atoms. The number of carbonyl (C=O) groups excluding carboxylic acids is 1. The fraction of sp³-hybridized carbons (Fsp3) is 0.500. The van der Waals surface area contributed by atoms with E-state index in [1.807, 2.05) is 27.9 Å². The van der Waals surface area contributed by atoms with E-state index in [-0.39, 0.29) is 5.56 Å². The lowest BCUT2D eigenvalue weighted by Crippen LogP contribution is -2.41. The molecular formula is C18H27N2O7S2+. The smallest absolute Gasteiger partial charge is 0.286 e. The number of hydrogen-bond donors (Lipinski definition) is 3. The molecule has 11 heteroatoms. The van der Waals surface area contributed by atoms with Crippen LogP contribution >= 0.6 is 0 Å². The molecule has 9 nitrogen and oxygen atoms in total. The van der Waals surface area contributed by atoms with Crippen LogP contribution in [0.3, 0.4) is 0 Å². The van der Waals surface area contributed by atoms with Gasteiger partial charge in [0.15, 0.2) is 0 Å². The molecule has 1 aromatic carbocycles. The second-order valence-electron chi connectivity index (χ2n) is 7.59. The van der Waals surface area contributed by atoms with Gasteiger partial charge in [-0.25, -0.2) is 0 Å². The summed E-state index contributed by atoms with van der Waals surface area (Å²) in [7, 11) is -6.16. The first-order chi connectivity index (χ1) is 13.1. The highest BCUT2D eigenvalue weighted by atomic mass is 32.3. The Morgan fingerprint density at radius 2 is 1.59 bits per heavy atom. The molecule has 0 saturated carbocycles. The molecule has 0 aliphatic carbocycles. The Balaban J connectivity index is 2.78. The minimum absolute atomic E-state index is 0.170. The van der Waals surface area contributed by atoms with Gasteiger partial charge in [0, 0.05) is 17.0 Å². The molecule has 0 radical (unpaired) electrons. The van der Waals surface area contributed by atoms with Crippen molar-refractivity contribution in [2.45, 2.75) is 25.0 Å². The molecule has 1 aromatic rings. The largest absolute Gasteiger partial charge is 0.349 e. The summed E-state index contributed by atoms with van der Waals surface area (Å²) >= 11 is 0. The van der Waals surface area contributed by atoms with Crippen LogP contribution in [-0.4, -0.2) is 68.1 Å². The third kappa shape index (κ3) is 8.93. The molecule has 0 bridgehead atoms. The van der Waals surface area contributed by atoms with Crippen LogP contribution in [0.15, 0.2) is 24.3 Å². The van der Waals surface area contributed by atoms with E-state index < -0.39 is 37.3 Å². The molecule has 162 valence electrons. The monoisotopic (exact) mass is 447 g/mol. The number of quaternary nitrogens is 1. The highest BCUT2D eigenvalue weighted by Gasteiger charge is 2.35. The highest BCUT2D eigenvalue weighted by Crippen LogP contribution is 2.11. The van der Waals surface area contributed by atoms with Crippen molar-refractivity contribution >= 4 is 26.1 Å². The first-order valence-electron chi connectivity index (χ1n) is 8.72. The molecule has 0 saturated heterocycles. The molecule has 0 aromatic heterocycles. The van der Waals surface area contributed by atoms with E-state index in [0.717, 1.165) is 5.56 Å². The Morgan fingerprint density at radius 3 is 2.03 bits per heavy atom. The zero-order valence-electron chi connectivity index (χ0n) is 16.8. The first-order valence-corrected chi connectivity index (χ1v) is 11.7. The molecule has 0 unspecified atom stereocenters. The van der Waals surface area contributed by atoms with Crippen molar-refractivity contribution in [1.82, 2.24) is 5.32 Å². The third-order valence-corrected chi connectivity index (χ3v) is 6.94. The average molecular weight is 448 g/mol. The Morgan fingerprint density at radius 1 is 1.07 bits per heavy atom. The van der Waals surface area contributed by atoms with Gasteiger partial charge in [0.1, 0.15) is 13.1 Å². The summed E-state index contributed by atoms with van der Waals surface area (Å²) in [5.74, 6) is 5.82. The van der Waals surface area contributed by atoms with E-state index in [4.69, 9.17) is 9.11 Å². The zero-order chi connectivity index (χ0) is 22.5. The van der Waals surface area contributed by atoms with Gasteiger partial charge in [0.25, 0.3) is 26.1 Å². The summed E-state index contributed by atoms with van der Waals surface area (Å²) in [5.41, 5.74) is 1.12. The van der Waals surface area contributed by atoms with Crippen molar-refractivity contribution in [2.75, 3.05) is 27.2 Å². The van der Waals surface area contributed by atoms with Crippen LogP contribution in [-0.2, 0) is 26.8 Å². The fourth-order valence-corrected chi connectivity index (χ4v) is 4.24. The van der Waals surface area contributed by atoms with Crippen LogP contribution in [0.5, 0.6) is 0 Å². The summed E-state index contributed by atoms with van der Waals surface area (Å²) in [6.45, 7) is 4.38. The standard InChI is InChI=1S/C18H26N2O7S2/c1-14(2)6-5-11-20(3,4)13-15-7-9-16(10-8-15)18(21)19-12-17(28(22,23)24)29(25,26)27/h7-10,14,17H,11-13H2,1-4H3,(H2-,19,21,22,23,24,25,26,27)/p+1. The van der Waals surface area contributed by atoms with E-state index in [1.165, 1.54) is 12.1 Å². The van der Waals surface area contributed by atoms with Gasteiger partial charge < -0.3 is 9.80 Å². The molecule has 0 heterocycles. The lowest BCUT2D eigenvalue weighted by atomic mass is 10.1. The van der Waals surface area contributed by atoms with Gasteiger partial charge in [-0.2, -0.15) is 16.8 Å². The van der Waals surface area contributed by atoms with Gasteiger partial charge in [-0.3, -0.25) is 13.9 Å². The maximum Gasteiger partial charge on any atom is 0.286 e. The molecule has 0 atom stereocenters. The highest BCUT2D eigenvalue weighted by molar-refractivity contribution is 8.04. The molecular weight excluding hydrogens is 420 g/mol. The van der Waals surface area contributed by atoms with Gasteiger partial charge in [-0.05, 0) is 18.1 Å². The Kier molecular flexibility index (Phi) is 8.37. The predicted molar refractivity (Wildman–Crippen MR) is 109 cm³/mol. The summed E-state index contributed by atoms with van der Waals surface area (Å²) in [4.78, 5) is 12.1. The topological polar surface area (TPSA) is 138 Å². The number of carbonyl (C=O) groups is 1. The van der Waals surface area contributed by atoms with Gasteiger partial charge in [0.05, 0.1) is 20.6 Å². The SMILES string of the molecule is CC(C)C#CC[N+](C)(C)Cc1ccc(C(=O)NCC(S(=O)(=O)O)S(=O)(=O)O)cc1. The number of amides is 1. The molecule has 0 aliphatic rings. The third-order valence-electron chi connectivity index (χ3n) is 3.82. The van der Waals surface area contributed by atoms with Crippen molar-refractivity contribution in [3.05, 3.63) is 35.4 Å². The summed E-state index contributed by atoms with van der Waals surface area (Å²) in [6, 6.07) is 6.49.